The van der Waals surface area contributed by atoms with E-state index in [4.69, 9.17) is 14.2 Å². The van der Waals surface area contributed by atoms with Crippen LogP contribution in [0.4, 0.5) is 15.8 Å². The smallest absolute Gasteiger partial charge is 0.266 e. The summed E-state index contributed by atoms with van der Waals surface area (Å²) in [4.78, 5) is 32.3. The standard InChI is InChI=1S/C28H26FN3O5S/c1-35-16-15-32-27(34)25(38-28(32)31-22-11-13-23(36-2)14-12-22)17-19-5-3-4-6-24(19)37-18-26(33)30-21-9-7-20(29)8-10-21/h3-14,17H,15-16,18H2,1-2H3,(H,30,33)/b25-17+,31-28?. The number of benzene rings is 3. The number of para-hydroxylation sites is 1. The van der Waals surface area contributed by atoms with Gasteiger partial charge in [-0.15, -0.1) is 0 Å². The Labute approximate surface area is 224 Å². The van der Waals surface area contributed by atoms with Gasteiger partial charge in [0.05, 0.1) is 30.9 Å². The third-order valence-electron chi connectivity index (χ3n) is 5.40. The fourth-order valence-corrected chi connectivity index (χ4v) is 4.50. The van der Waals surface area contributed by atoms with Crippen LogP contribution >= 0.6 is 11.8 Å². The Balaban J connectivity index is 1.51. The number of ether oxygens (including phenoxy) is 3. The number of rotatable bonds is 10. The normalized spacial score (nSPS) is 15.2. The molecule has 0 unspecified atom stereocenters. The second kappa shape index (κ2) is 12.9. The molecule has 0 aromatic heterocycles. The van der Waals surface area contributed by atoms with Crippen LogP contribution in [-0.2, 0) is 14.3 Å². The Morgan fingerprint density at radius 3 is 2.50 bits per heavy atom. The molecule has 8 nitrogen and oxygen atoms in total. The summed E-state index contributed by atoms with van der Waals surface area (Å²) in [5, 5.41) is 3.18. The predicted octanol–water partition coefficient (Wildman–Crippen LogP) is 5.10. The quantitative estimate of drug-likeness (QED) is 0.363. The maximum absolute atomic E-state index is 13.3. The van der Waals surface area contributed by atoms with E-state index in [1.807, 2.05) is 18.2 Å². The molecule has 0 saturated carbocycles. The van der Waals surface area contributed by atoms with E-state index < -0.39 is 11.7 Å². The van der Waals surface area contributed by atoms with Crippen LogP contribution < -0.4 is 14.8 Å². The molecule has 10 heteroatoms. The molecule has 1 N–H and O–H groups in total. The highest BCUT2D eigenvalue weighted by molar-refractivity contribution is 8.18. The van der Waals surface area contributed by atoms with Gasteiger partial charge in [-0.3, -0.25) is 14.5 Å². The molecule has 3 aromatic carbocycles. The minimum absolute atomic E-state index is 0.205. The van der Waals surface area contributed by atoms with Crippen molar-refractivity contribution in [1.82, 2.24) is 4.90 Å². The van der Waals surface area contributed by atoms with Crippen LogP contribution in [0, 0.1) is 5.82 Å². The molecule has 1 aliphatic heterocycles. The van der Waals surface area contributed by atoms with Gasteiger partial charge in [-0.1, -0.05) is 18.2 Å². The number of amidine groups is 1. The number of carbonyl (C=O) groups excluding carboxylic acids is 2. The van der Waals surface area contributed by atoms with Gasteiger partial charge >= 0.3 is 0 Å². The zero-order valence-electron chi connectivity index (χ0n) is 20.8. The summed E-state index contributed by atoms with van der Waals surface area (Å²) in [6.45, 7) is 0.434. The fourth-order valence-electron chi connectivity index (χ4n) is 3.48. The fraction of sp³-hybridized carbons (Fsp3) is 0.179. The van der Waals surface area contributed by atoms with Crippen LogP contribution in [0.5, 0.6) is 11.5 Å². The van der Waals surface area contributed by atoms with Gasteiger partial charge in [0.15, 0.2) is 11.8 Å². The number of hydrogen-bond acceptors (Lipinski definition) is 7. The lowest BCUT2D eigenvalue weighted by molar-refractivity contribution is -0.122. The maximum atomic E-state index is 13.3. The number of aliphatic imine (C=N–C) groups is 1. The summed E-state index contributed by atoms with van der Waals surface area (Å²) in [5.41, 5.74) is 1.78. The molecule has 3 aromatic rings. The van der Waals surface area contributed by atoms with Crippen molar-refractivity contribution in [2.45, 2.75) is 0 Å². The molecule has 196 valence electrons. The first kappa shape index (κ1) is 26.9. The van der Waals surface area contributed by atoms with E-state index in [0.717, 1.165) is 0 Å². The molecule has 38 heavy (non-hydrogen) atoms. The molecule has 1 fully saturated rings. The molecule has 0 radical (unpaired) electrons. The van der Waals surface area contributed by atoms with Gasteiger partial charge in [0.1, 0.15) is 17.3 Å². The molecular formula is C28H26FN3O5S. The Hall–Kier alpha value is -4.15. The summed E-state index contributed by atoms with van der Waals surface area (Å²) in [6, 6.07) is 19.8. The van der Waals surface area contributed by atoms with Crippen molar-refractivity contribution < 1.29 is 28.2 Å². The van der Waals surface area contributed by atoms with Gasteiger partial charge in [0.25, 0.3) is 11.8 Å². The number of halogens is 1. The van der Waals surface area contributed by atoms with E-state index in [1.165, 1.54) is 36.0 Å². The number of nitrogens with zero attached hydrogens (tertiary/aromatic N) is 2. The summed E-state index contributed by atoms with van der Waals surface area (Å²) in [5.74, 6) is 0.155. The number of anilines is 1. The molecule has 0 atom stereocenters. The third kappa shape index (κ3) is 6.99. The second-order valence-corrected chi connectivity index (χ2v) is 9.04. The van der Waals surface area contributed by atoms with E-state index in [-0.39, 0.29) is 12.5 Å². The highest BCUT2D eigenvalue weighted by atomic mass is 32.2. The lowest BCUT2D eigenvalue weighted by Gasteiger charge is -2.14. The molecule has 1 heterocycles. The van der Waals surface area contributed by atoms with Crippen LogP contribution in [0.15, 0.2) is 82.7 Å². The number of methoxy groups -OCH3 is 2. The predicted molar refractivity (Wildman–Crippen MR) is 146 cm³/mol. The van der Waals surface area contributed by atoms with Gasteiger partial charge in [-0.2, -0.15) is 0 Å². The Morgan fingerprint density at radius 1 is 1.05 bits per heavy atom. The van der Waals surface area contributed by atoms with E-state index >= 15 is 0 Å². The minimum atomic E-state index is -0.398. The van der Waals surface area contributed by atoms with Crippen molar-refractivity contribution in [3.05, 3.63) is 89.1 Å². The first-order chi connectivity index (χ1) is 18.5. The molecule has 0 spiro atoms. The largest absolute Gasteiger partial charge is 0.497 e. The van der Waals surface area contributed by atoms with E-state index in [1.54, 1.807) is 55.5 Å². The summed E-state index contributed by atoms with van der Waals surface area (Å²) in [7, 11) is 3.17. The number of amides is 2. The van der Waals surface area contributed by atoms with Crippen LogP contribution in [0.2, 0.25) is 0 Å². The van der Waals surface area contributed by atoms with Crippen LogP contribution in [0.25, 0.3) is 6.08 Å². The SMILES string of the molecule is COCCN1C(=O)/C(=C\c2ccccc2OCC(=O)Nc2ccc(F)cc2)SC1=Nc1ccc(OC)cc1. The number of hydrogen-bond donors (Lipinski definition) is 1. The highest BCUT2D eigenvalue weighted by Gasteiger charge is 2.33. The average Bonchev–Trinajstić information content (AvgIpc) is 3.21. The molecule has 1 saturated heterocycles. The maximum Gasteiger partial charge on any atom is 0.266 e. The lowest BCUT2D eigenvalue weighted by Crippen LogP contribution is -2.32. The Bertz CT molecular complexity index is 1340. The van der Waals surface area contributed by atoms with Gasteiger partial charge in [-0.25, -0.2) is 9.38 Å². The Kier molecular flexibility index (Phi) is 9.12. The zero-order valence-corrected chi connectivity index (χ0v) is 21.7. The topological polar surface area (TPSA) is 89.5 Å². The summed E-state index contributed by atoms with van der Waals surface area (Å²) < 4.78 is 29.2. The van der Waals surface area contributed by atoms with Crippen molar-refractivity contribution in [2.75, 3.05) is 39.3 Å². The number of thioether (sulfide) groups is 1. The van der Waals surface area contributed by atoms with Crippen molar-refractivity contribution in [1.29, 1.82) is 0 Å². The van der Waals surface area contributed by atoms with Gasteiger partial charge in [0.2, 0.25) is 0 Å². The van der Waals surface area contributed by atoms with E-state index in [0.29, 0.717) is 51.7 Å². The Morgan fingerprint density at radius 2 is 1.79 bits per heavy atom. The minimum Gasteiger partial charge on any atom is -0.497 e. The molecule has 4 rings (SSSR count). The molecule has 2 amide bonds. The number of carbonyl (C=O) groups is 2. The second-order valence-electron chi connectivity index (χ2n) is 8.03. The highest BCUT2D eigenvalue weighted by Crippen LogP contribution is 2.35. The van der Waals surface area contributed by atoms with Gasteiger partial charge < -0.3 is 19.5 Å². The van der Waals surface area contributed by atoms with Crippen molar-refractivity contribution >= 4 is 46.2 Å². The van der Waals surface area contributed by atoms with Crippen molar-refractivity contribution in [2.24, 2.45) is 4.99 Å². The van der Waals surface area contributed by atoms with Gasteiger partial charge in [-0.05, 0) is 72.4 Å². The van der Waals surface area contributed by atoms with Gasteiger partial charge in [0, 0.05) is 18.4 Å². The first-order valence-corrected chi connectivity index (χ1v) is 12.5. The number of nitrogens with one attached hydrogen (secondary N) is 1. The molecule has 0 aliphatic carbocycles. The lowest BCUT2D eigenvalue weighted by atomic mass is 10.2. The van der Waals surface area contributed by atoms with E-state index in [2.05, 4.69) is 10.3 Å². The van der Waals surface area contributed by atoms with E-state index in [9.17, 15) is 14.0 Å². The monoisotopic (exact) mass is 535 g/mol. The molecule has 0 bridgehead atoms. The summed E-state index contributed by atoms with van der Waals surface area (Å²) >= 11 is 1.25. The molecule has 1 aliphatic rings. The summed E-state index contributed by atoms with van der Waals surface area (Å²) in [6.07, 6.45) is 1.72. The van der Waals surface area contributed by atoms with Crippen molar-refractivity contribution in [3.63, 3.8) is 0 Å². The van der Waals surface area contributed by atoms with Crippen molar-refractivity contribution in [3.8, 4) is 11.5 Å². The zero-order chi connectivity index (χ0) is 26.9. The molecular weight excluding hydrogens is 509 g/mol. The van der Waals surface area contributed by atoms with Crippen LogP contribution in [0.1, 0.15) is 5.56 Å². The first-order valence-electron chi connectivity index (χ1n) is 11.7. The third-order valence-corrected chi connectivity index (χ3v) is 6.40. The van der Waals surface area contributed by atoms with Crippen LogP contribution in [-0.4, -0.2) is 55.9 Å². The van der Waals surface area contributed by atoms with Crippen LogP contribution in [0.3, 0.4) is 0 Å². The average molecular weight is 536 g/mol.